The summed E-state index contributed by atoms with van der Waals surface area (Å²) in [6.07, 6.45) is 7.11. The summed E-state index contributed by atoms with van der Waals surface area (Å²) in [5.41, 5.74) is 1.09. The lowest BCUT2D eigenvalue weighted by molar-refractivity contribution is 0.441. The molecule has 6 heteroatoms. The zero-order valence-electron chi connectivity index (χ0n) is 11.7. The summed E-state index contributed by atoms with van der Waals surface area (Å²) in [6.45, 7) is 2.81. The van der Waals surface area contributed by atoms with Gasteiger partial charge in [0.1, 0.15) is 0 Å². The lowest BCUT2D eigenvalue weighted by Crippen LogP contribution is -2.47. The van der Waals surface area contributed by atoms with Crippen molar-refractivity contribution in [2.24, 2.45) is 7.05 Å². The standard InChI is InChI=1S/C13H23N3O2S/c1-3-14-12(8-11-9-15-16(2)10-11)13-6-4-5-7-19(13,17)18/h9-10,12-14H,3-8H2,1-2H3. The molecular formula is C13H23N3O2S. The van der Waals surface area contributed by atoms with E-state index < -0.39 is 9.84 Å². The van der Waals surface area contributed by atoms with E-state index in [0.717, 1.165) is 37.8 Å². The first-order valence-corrected chi connectivity index (χ1v) is 8.67. The van der Waals surface area contributed by atoms with Crippen LogP contribution in [0.5, 0.6) is 0 Å². The molecule has 1 fully saturated rings. The van der Waals surface area contributed by atoms with Gasteiger partial charge in [-0.05, 0) is 31.4 Å². The molecule has 1 aliphatic heterocycles. The molecule has 1 aromatic rings. The van der Waals surface area contributed by atoms with Crippen LogP contribution < -0.4 is 5.32 Å². The SMILES string of the molecule is CCNC(Cc1cnn(C)c1)C1CCCCS1(=O)=O. The molecule has 2 rings (SSSR count). The van der Waals surface area contributed by atoms with Crippen LogP contribution in [-0.4, -0.2) is 41.8 Å². The smallest absolute Gasteiger partial charge is 0.154 e. The maximum Gasteiger partial charge on any atom is 0.154 e. The highest BCUT2D eigenvalue weighted by atomic mass is 32.2. The van der Waals surface area contributed by atoms with Crippen LogP contribution in [0.4, 0.5) is 0 Å². The fraction of sp³-hybridized carbons (Fsp3) is 0.769. The molecule has 0 spiro atoms. The molecule has 0 amide bonds. The first-order valence-electron chi connectivity index (χ1n) is 6.95. The molecule has 19 heavy (non-hydrogen) atoms. The second-order valence-electron chi connectivity index (χ2n) is 5.29. The zero-order chi connectivity index (χ0) is 13.9. The van der Waals surface area contributed by atoms with Crippen LogP contribution >= 0.6 is 0 Å². The molecule has 1 aromatic heterocycles. The fourth-order valence-corrected chi connectivity index (χ4v) is 4.99. The Morgan fingerprint density at radius 3 is 2.89 bits per heavy atom. The molecule has 0 radical (unpaired) electrons. The van der Waals surface area contributed by atoms with Gasteiger partial charge in [-0.15, -0.1) is 0 Å². The van der Waals surface area contributed by atoms with Gasteiger partial charge in [-0.2, -0.15) is 5.10 Å². The average molecular weight is 285 g/mol. The summed E-state index contributed by atoms with van der Waals surface area (Å²) in [7, 11) is -1.07. The van der Waals surface area contributed by atoms with Gasteiger partial charge in [0.05, 0.1) is 17.2 Å². The summed E-state index contributed by atoms with van der Waals surface area (Å²) in [6, 6.07) is -0.000463. The summed E-state index contributed by atoms with van der Waals surface area (Å²) in [5.74, 6) is 0.340. The first kappa shape index (κ1) is 14.5. The predicted molar refractivity (Wildman–Crippen MR) is 75.8 cm³/mol. The van der Waals surface area contributed by atoms with Gasteiger partial charge in [0, 0.05) is 19.3 Å². The number of hydrogen-bond acceptors (Lipinski definition) is 4. The number of nitrogens with one attached hydrogen (secondary N) is 1. The van der Waals surface area contributed by atoms with Crippen molar-refractivity contribution in [1.29, 1.82) is 0 Å². The summed E-state index contributed by atoms with van der Waals surface area (Å²) in [4.78, 5) is 0. The molecule has 0 bridgehead atoms. The van der Waals surface area contributed by atoms with Crippen molar-refractivity contribution >= 4 is 9.84 Å². The molecule has 2 heterocycles. The molecule has 108 valence electrons. The Kier molecular flexibility index (Phi) is 4.62. The molecule has 0 aliphatic carbocycles. The van der Waals surface area contributed by atoms with Crippen LogP contribution in [0.15, 0.2) is 12.4 Å². The van der Waals surface area contributed by atoms with Crippen LogP contribution in [0.25, 0.3) is 0 Å². The Morgan fingerprint density at radius 1 is 1.53 bits per heavy atom. The lowest BCUT2D eigenvalue weighted by atomic mass is 10.0. The third kappa shape index (κ3) is 3.57. The van der Waals surface area contributed by atoms with Crippen LogP contribution in [0.1, 0.15) is 31.7 Å². The normalized spacial score (nSPS) is 24.2. The van der Waals surface area contributed by atoms with Crippen molar-refractivity contribution in [1.82, 2.24) is 15.1 Å². The molecule has 5 nitrogen and oxygen atoms in total. The topological polar surface area (TPSA) is 64.0 Å². The minimum atomic E-state index is -2.95. The summed E-state index contributed by atoms with van der Waals surface area (Å²) < 4.78 is 26.2. The second-order valence-corrected chi connectivity index (χ2v) is 7.63. The van der Waals surface area contributed by atoms with Gasteiger partial charge in [0.15, 0.2) is 9.84 Å². The van der Waals surface area contributed by atoms with Gasteiger partial charge in [-0.3, -0.25) is 4.68 Å². The Labute approximate surface area is 115 Å². The van der Waals surface area contributed by atoms with Crippen molar-refractivity contribution < 1.29 is 8.42 Å². The van der Waals surface area contributed by atoms with Gasteiger partial charge in [0.25, 0.3) is 0 Å². The Morgan fingerprint density at radius 2 is 2.32 bits per heavy atom. The molecule has 2 unspecified atom stereocenters. The number of aromatic nitrogens is 2. The molecular weight excluding hydrogens is 262 g/mol. The van der Waals surface area contributed by atoms with E-state index in [9.17, 15) is 8.42 Å². The van der Waals surface area contributed by atoms with Crippen molar-refractivity contribution in [2.75, 3.05) is 12.3 Å². The predicted octanol–water partition coefficient (Wildman–Crippen LogP) is 0.908. The molecule has 1 aliphatic rings. The van der Waals surface area contributed by atoms with Crippen molar-refractivity contribution in [3.05, 3.63) is 18.0 Å². The minimum Gasteiger partial charge on any atom is -0.313 e. The number of sulfone groups is 1. The Balaban J connectivity index is 2.14. The third-order valence-electron chi connectivity index (χ3n) is 3.76. The van der Waals surface area contributed by atoms with Gasteiger partial charge in [-0.1, -0.05) is 13.3 Å². The van der Waals surface area contributed by atoms with Crippen molar-refractivity contribution in [3.63, 3.8) is 0 Å². The van der Waals surface area contributed by atoms with Gasteiger partial charge < -0.3 is 5.32 Å². The van der Waals surface area contributed by atoms with Crippen molar-refractivity contribution in [2.45, 2.75) is 43.9 Å². The van der Waals surface area contributed by atoms with Gasteiger partial charge in [-0.25, -0.2) is 8.42 Å². The third-order valence-corrected chi connectivity index (χ3v) is 6.10. The molecule has 2 atom stereocenters. The molecule has 1 N–H and O–H groups in total. The van der Waals surface area contributed by atoms with Crippen molar-refractivity contribution in [3.8, 4) is 0 Å². The summed E-state index contributed by atoms with van der Waals surface area (Å²) in [5, 5.41) is 7.25. The van der Waals surface area contributed by atoms with Gasteiger partial charge >= 0.3 is 0 Å². The fourth-order valence-electron chi connectivity index (χ4n) is 2.86. The molecule has 1 saturated heterocycles. The number of aryl methyl sites for hydroxylation is 1. The van der Waals surface area contributed by atoms with Crippen LogP contribution in [0.3, 0.4) is 0 Å². The van der Waals surface area contributed by atoms with E-state index in [4.69, 9.17) is 0 Å². The van der Waals surface area contributed by atoms with E-state index in [0.29, 0.717) is 5.75 Å². The highest BCUT2D eigenvalue weighted by molar-refractivity contribution is 7.92. The number of nitrogens with zero attached hydrogens (tertiary/aromatic N) is 2. The monoisotopic (exact) mass is 285 g/mol. The highest BCUT2D eigenvalue weighted by Gasteiger charge is 2.35. The highest BCUT2D eigenvalue weighted by Crippen LogP contribution is 2.24. The van der Waals surface area contributed by atoms with E-state index in [1.54, 1.807) is 4.68 Å². The first-order chi connectivity index (χ1) is 9.03. The number of likely N-dealkylation sites (N-methyl/N-ethyl adjacent to an activating group) is 1. The van der Waals surface area contributed by atoms with Crippen LogP contribution in [0, 0.1) is 0 Å². The summed E-state index contributed by atoms with van der Waals surface area (Å²) >= 11 is 0. The molecule has 0 saturated carbocycles. The van der Waals surface area contributed by atoms with E-state index in [-0.39, 0.29) is 11.3 Å². The lowest BCUT2D eigenvalue weighted by Gasteiger charge is -2.30. The maximum absolute atomic E-state index is 12.2. The van der Waals surface area contributed by atoms with E-state index in [1.807, 2.05) is 26.4 Å². The van der Waals surface area contributed by atoms with Crippen LogP contribution in [-0.2, 0) is 23.3 Å². The minimum absolute atomic E-state index is 0.000463. The largest absolute Gasteiger partial charge is 0.313 e. The second kappa shape index (κ2) is 6.05. The van der Waals surface area contributed by atoms with Gasteiger partial charge in [0.2, 0.25) is 0 Å². The van der Waals surface area contributed by atoms with E-state index in [1.165, 1.54) is 0 Å². The average Bonchev–Trinajstić information content (AvgIpc) is 2.74. The van der Waals surface area contributed by atoms with E-state index >= 15 is 0 Å². The zero-order valence-corrected chi connectivity index (χ0v) is 12.5. The number of rotatable bonds is 5. The number of hydrogen-bond donors (Lipinski definition) is 1. The Hall–Kier alpha value is -0.880. The Bertz CT molecular complexity index is 510. The maximum atomic E-state index is 12.2. The van der Waals surface area contributed by atoms with Crippen LogP contribution in [0.2, 0.25) is 0 Å². The molecule has 0 aromatic carbocycles. The quantitative estimate of drug-likeness (QED) is 0.873. The van der Waals surface area contributed by atoms with E-state index in [2.05, 4.69) is 10.4 Å².